The van der Waals surface area contributed by atoms with Gasteiger partial charge in [-0.25, -0.2) is 0 Å². The molecule has 2 heteroatoms. The molecule has 2 aromatic rings. The third-order valence-corrected chi connectivity index (χ3v) is 4.49. The molecule has 0 aromatic heterocycles. The highest BCUT2D eigenvalue weighted by Crippen LogP contribution is 2.31. The van der Waals surface area contributed by atoms with Crippen molar-refractivity contribution >= 4 is 11.8 Å². The lowest BCUT2D eigenvalue weighted by Crippen LogP contribution is -2.07. The first-order valence-corrected chi connectivity index (χ1v) is 7.52. The van der Waals surface area contributed by atoms with Crippen molar-refractivity contribution in [3.8, 4) is 0 Å². The van der Waals surface area contributed by atoms with Gasteiger partial charge in [-0.3, -0.25) is 0 Å². The topological polar surface area (TPSA) is 26.0 Å². The molecule has 0 spiro atoms. The zero-order chi connectivity index (χ0) is 13.8. The molecule has 2 rings (SSSR count). The van der Waals surface area contributed by atoms with Gasteiger partial charge in [0.25, 0.3) is 0 Å². The maximum Gasteiger partial charge on any atom is 0.0292 e. The Bertz CT molecular complexity index is 546. The SMILES string of the molecule is CC[C@H](N)c1ccc(Sc2cc(C)ccc2C)cc1. The third-order valence-electron chi connectivity index (χ3n) is 3.32. The summed E-state index contributed by atoms with van der Waals surface area (Å²) < 4.78 is 0. The molecule has 0 radical (unpaired) electrons. The number of hydrogen-bond acceptors (Lipinski definition) is 2. The highest BCUT2D eigenvalue weighted by atomic mass is 32.2. The zero-order valence-corrected chi connectivity index (χ0v) is 12.6. The lowest BCUT2D eigenvalue weighted by atomic mass is 10.1. The Kier molecular flexibility index (Phi) is 4.67. The van der Waals surface area contributed by atoms with Gasteiger partial charge >= 0.3 is 0 Å². The molecule has 19 heavy (non-hydrogen) atoms. The highest BCUT2D eigenvalue weighted by molar-refractivity contribution is 7.99. The molecule has 2 N–H and O–H groups in total. The molecule has 0 bridgehead atoms. The van der Waals surface area contributed by atoms with Crippen LogP contribution in [0.25, 0.3) is 0 Å². The molecule has 0 saturated heterocycles. The summed E-state index contributed by atoms with van der Waals surface area (Å²) in [6.07, 6.45) is 0.976. The van der Waals surface area contributed by atoms with Crippen LogP contribution in [0.2, 0.25) is 0 Å². The molecule has 1 atom stereocenters. The van der Waals surface area contributed by atoms with Gasteiger partial charge in [-0.2, -0.15) is 0 Å². The standard InChI is InChI=1S/C17H21NS/c1-4-16(18)14-7-9-15(10-8-14)19-17-11-12(2)5-6-13(17)3/h5-11,16H,4,18H2,1-3H3/t16-/m0/s1. The molecule has 1 nitrogen and oxygen atoms in total. The van der Waals surface area contributed by atoms with Crippen LogP contribution < -0.4 is 5.73 Å². The van der Waals surface area contributed by atoms with Crippen LogP contribution in [0.4, 0.5) is 0 Å². The van der Waals surface area contributed by atoms with E-state index in [0.717, 1.165) is 6.42 Å². The van der Waals surface area contributed by atoms with E-state index in [1.165, 1.54) is 26.5 Å². The van der Waals surface area contributed by atoms with Crippen LogP contribution in [0, 0.1) is 13.8 Å². The van der Waals surface area contributed by atoms with Crippen LogP contribution >= 0.6 is 11.8 Å². The van der Waals surface area contributed by atoms with Crippen LogP contribution in [0.15, 0.2) is 52.3 Å². The maximum atomic E-state index is 6.03. The van der Waals surface area contributed by atoms with Gasteiger partial charge in [0.2, 0.25) is 0 Å². The smallest absolute Gasteiger partial charge is 0.0292 e. The summed E-state index contributed by atoms with van der Waals surface area (Å²) in [6.45, 7) is 6.40. The molecule has 100 valence electrons. The van der Waals surface area contributed by atoms with E-state index < -0.39 is 0 Å². The average molecular weight is 271 g/mol. The van der Waals surface area contributed by atoms with Crippen LogP contribution in [0.1, 0.15) is 36.1 Å². The summed E-state index contributed by atoms with van der Waals surface area (Å²) in [5, 5.41) is 0. The summed E-state index contributed by atoms with van der Waals surface area (Å²) in [6, 6.07) is 15.3. The van der Waals surface area contributed by atoms with Crippen LogP contribution in [-0.2, 0) is 0 Å². The van der Waals surface area contributed by atoms with Crippen LogP contribution in [-0.4, -0.2) is 0 Å². The summed E-state index contributed by atoms with van der Waals surface area (Å²) >= 11 is 1.82. The molecule has 0 amide bonds. The number of rotatable bonds is 4. The molecule has 0 aliphatic carbocycles. The van der Waals surface area contributed by atoms with E-state index in [1.54, 1.807) is 0 Å². The van der Waals surface area contributed by atoms with E-state index in [-0.39, 0.29) is 6.04 Å². The highest BCUT2D eigenvalue weighted by Gasteiger charge is 2.05. The molecular formula is C17H21NS. The Labute approximate surface area is 120 Å². The Hall–Kier alpha value is -1.25. The van der Waals surface area contributed by atoms with Crippen molar-refractivity contribution in [1.82, 2.24) is 0 Å². The fraction of sp³-hybridized carbons (Fsp3) is 0.294. The predicted octanol–water partition coefficient (Wildman–Crippen LogP) is 4.86. The first-order valence-electron chi connectivity index (χ1n) is 6.71. The summed E-state index contributed by atoms with van der Waals surface area (Å²) in [7, 11) is 0. The van der Waals surface area contributed by atoms with Gasteiger partial charge in [0.1, 0.15) is 0 Å². The lowest BCUT2D eigenvalue weighted by molar-refractivity contribution is 0.698. The minimum atomic E-state index is 0.153. The molecule has 2 aromatic carbocycles. The minimum Gasteiger partial charge on any atom is -0.324 e. The largest absolute Gasteiger partial charge is 0.324 e. The molecule has 0 heterocycles. The Balaban J connectivity index is 2.17. The van der Waals surface area contributed by atoms with E-state index in [4.69, 9.17) is 5.73 Å². The second-order valence-electron chi connectivity index (χ2n) is 4.95. The Morgan fingerprint density at radius 1 is 1.05 bits per heavy atom. The first kappa shape index (κ1) is 14.2. The molecule has 0 fully saturated rings. The molecule has 0 saturated carbocycles. The monoisotopic (exact) mass is 271 g/mol. The van der Waals surface area contributed by atoms with Gasteiger partial charge in [-0.1, -0.05) is 43.0 Å². The molecule has 0 aliphatic rings. The van der Waals surface area contributed by atoms with Crippen molar-refractivity contribution < 1.29 is 0 Å². The normalized spacial score (nSPS) is 12.4. The van der Waals surface area contributed by atoms with Gasteiger partial charge in [0.05, 0.1) is 0 Å². The number of nitrogens with two attached hydrogens (primary N) is 1. The Morgan fingerprint density at radius 2 is 1.74 bits per heavy atom. The molecule has 0 unspecified atom stereocenters. The second-order valence-corrected chi connectivity index (χ2v) is 6.07. The van der Waals surface area contributed by atoms with Gasteiger partial charge in [0.15, 0.2) is 0 Å². The van der Waals surface area contributed by atoms with Gasteiger partial charge in [-0.05, 0) is 55.2 Å². The van der Waals surface area contributed by atoms with Crippen molar-refractivity contribution in [3.05, 3.63) is 59.2 Å². The second kappa shape index (κ2) is 6.27. The summed E-state index contributed by atoms with van der Waals surface area (Å²) in [5.74, 6) is 0. The Morgan fingerprint density at radius 3 is 2.37 bits per heavy atom. The van der Waals surface area contributed by atoms with Crippen molar-refractivity contribution in [2.24, 2.45) is 5.73 Å². The van der Waals surface area contributed by atoms with Gasteiger partial charge < -0.3 is 5.73 Å². The summed E-state index contributed by atoms with van der Waals surface area (Å²) in [4.78, 5) is 2.59. The van der Waals surface area contributed by atoms with Gasteiger partial charge in [-0.15, -0.1) is 0 Å². The quantitative estimate of drug-likeness (QED) is 0.859. The van der Waals surface area contributed by atoms with Crippen molar-refractivity contribution in [2.45, 2.75) is 43.0 Å². The van der Waals surface area contributed by atoms with Crippen molar-refractivity contribution in [1.29, 1.82) is 0 Å². The predicted molar refractivity (Wildman–Crippen MR) is 83.7 cm³/mol. The number of benzene rings is 2. The van der Waals surface area contributed by atoms with E-state index in [9.17, 15) is 0 Å². The fourth-order valence-corrected chi connectivity index (χ4v) is 2.96. The van der Waals surface area contributed by atoms with Crippen molar-refractivity contribution in [3.63, 3.8) is 0 Å². The third kappa shape index (κ3) is 3.62. The van der Waals surface area contributed by atoms with E-state index in [1.807, 2.05) is 11.8 Å². The van der Waals surface area contributed by atoms with E-state index >= 15 is 0 Å². The zero-order valence-electron chi connectivity index (χ0n) is 11.8. The average Bonchev–Trinajstić information content (AvgIpc) is 2.43. The van der Waals surface area contributed by atoms with Crippen molar-refractivity contribution in [2.75, 3.05) is 0 Å². The van der Waals surface area contributed by atoms with Gasteiger partial charge in [0, 0.05) is 15.8 Å². The summed E-state index contributed by atoms with van der Waals surface area (Å²) in [5.41, 5.74) is 9.88. The van der Waals surface area contributed by atoms with Crippen LogP contribution in [0.3, 0.4) is 0 Å². The molecule has 0 aliphatic heterocycles. The van der Waals surface area contributed by atoms with Crippen LogP contribution in [0.5, 0.6) is 0 Å². The molecular weight excluding hydrogens is 250 g/mol. The van der Waals surface area contributed by atoms with E-state index in [2.05, 4.69) is 63.2 Å². The first-order chi connectivity index (χ1) is 9.10. The maximum absolute atomic E-state index is 6.03. The number of hydrogen-bond donors (Lipinski definition) is 1. The fourth-order valence-electron chi connectivity index (χ4n) is 1.96. The minimum absolute atomic E-state index is 0.153. The van der Waals surface area contributed by atoms with E-state index in [0.29, 0.717) is 0 Å². The lowest BCUT2D eigenvalue weighted by Gasteiger charge is -2.11. The number of aryl methyl sites for hydroxylation is 2.